The Labute approximate surface area is 158 Å². The van der Waals surface area contributed by atoms with Gasteiger partial charge in [0.15, 0.2) is 5.82 Å². The zero-order valence-corrected chi connectivity index (χ0v) is 14.7. The van der Waals surface area contributed by atoms with E-state index in [0.717, 1.165) is 9.36 Å². The van der Waals surface area contributed by atoms with Gasteiger partial charge in [-0.1, -0.05) is 30.3 Å². The number of amides is 2. The molecule has 1 aliphatic heterocycles. The number of halogens is 1. The number of rotatable bonds is 5. The molecule has 1 aromatic heterocycles. The van der Waals surface area contributed by atoms with Gasteiger partial charge >= 0.3 is 11.7 Å². The molecule has 2 amide bonds. The summed E-state index contributed by atoms with van der Waals surface area (Å²) in [6, 6.07) is 14.4. The predicted octanol–water partition coefficient (Wildman–Crippen LogP) is 1.49. The quantitative estimate of drug-likeness (QED) is 0.725. The molecule has 0 unspecified atom stereocenters. The van der Waals surface area contributed by atoms with E-state index in [4.69, 9.17) is 0 Å². The maximum Gasteiger partial charge on any atom is 0.365 e. The van der Waals surface area contributed by atoms with Gasteiger partial charge in [0, 0.05) is 12.2 Å². The van der Waals surface area contributed by atoms with E-state index in [1.165, 1.54) is 17.0 Å². The molecule has 1 aliphatic rings. The summed E-state index contributed by atoms with van der Waals surface area (Å²) < 4.78 is 15.3. The first-order valence-corrected chi connectivity index (χ1v) is 8.60. The first-order valence-electron chi connectivity index (χ1n) is 8.60. The van der Waals surface area contributed by atoms with Crippen LogP contribution in [0, 0.1) is 5.82 Å². The molecule has 3 aromatic rings. The maximum atomic E-state index is 13.2. The molecule has 2 heterocycles. The van der Waals surface area contributed by atoms with Crippen LogP contribution in [0.25, 0.3) is 0 Å². The van der Waals surface area contributed by atoms with E-state index in [-0.39, 0.29) is 25.5 Å². The first-order chi connectivity index (χ1) is 13.5. The zero-order chi connectivity index (χ0) is 19.7. The van der Waals surface area contributed by atoms with E-state index in [1.54, 1.807) is 36.4 Å². The normalized spacial score (nSPS) is 12.9. The van der Waals surface area contributed by atoms with Crippen molar-refractivity contribution in [2.24, 2.45) is 0 Å². The van der Waals surface area contributed by atoms with Crippen LogP contribution < -0.4 is 15.9 Å². The van der Waals surface area contributed by atoms with Crippen LogP contribution in [0.3, 0.4) is 0 Å². The standard InChI is InChI=1S/C19H16FN5O3/c20-14-6-4-5-13(9-14)10-21-17(26)12-24-18(27)22-16-11-23(19(28)25(16)24)15-7-2-1-3-8-15/h1-9H,10-12H2,(H,21,26). The van der Waals surface area contributed by atoms with Gasteiger partial charge in [-0.05, 0) is 29.8 Å². The van der Waals surface area contributed by atoms with Crippen molar-refractivity contribution in [3.05, 3.63) is 82.3 Å². The molecule has 8 nitrogen and oxygen atoms in total. The topological polar surface area (TPSA) is 89.2 Å². The summed E-state index contributed by atoms with van der Waals surface area (Å²) in [6.07, 6.45) is 0. The van der Waals surface area contributed by atoms with Crippen LogP contribution in [0.4, 0.5) is 14.9 Å². The van der Waals surface area contributed by atoms with Gasteiger partial charge < -0.3 is 5.32 Å². The summed E-state index contributed by atoms with van der Waals surface area (Å²) in [4.78, 5) is 42.5. The third kappa shape index (κ3) is 3.29. The van der Waals surface area contributed by atoms with Gasteiger partial charge in [-0.2, -0.15) is 9.67 Å². The Morgan fingerprint density at radius 2 is 1.89 bits per heavy atom. The van der Waals surface area contributed by atoms with Crippen LogP contribution in [0.1, 0.15) is 11.4 Å². The second-order valence-corrected chi connectivity index (χ2v) is 6.29. The number of para-hydroxylation sites is 1. The van der Waals surface area contributed by atoms with Gasteiger partial charge in [0.05, 0.1) is 6.54 Å². The molecule has 0 atom stereocenters. The van der Waals surface area contributed by atoms with E-state index in [2.05, 4.69) is 10.3 Å². The van der Waals surface area contributed by atoms with Crippen LogP contribution in [-0.2, 0) is 24.4 Å². The van der Waals surface area contributed by atoms with E-state index in [0.29, 0.717) is 11.3 Å². The molecule has 0 saturated carbocycles. The SMILES string of the molecule is O=C(Cn1c(=O)nc2n1C(=O)N(c1ccccc1)C2)NCc1cccc(F)c1. The Balaban J connectivity index is 1.49. The molecule has 142 valence electrons. The van der Waals surface area contributed by atoms with Gasteiger partial charge in [-0.15, -0.1) is 0 Å². The summed E-state index contributed by atoms with van der Waals surface area (Å²) in [5.74, 6) is -0.611. The number of carbonyl (C=O) groups is 2. The number of carbonyl (C=O) groups excluding carboxylic acids is 2. The lowest BCUT2D eigenvalue weighted by atomic mass is 10.2. The molecule has 0 saturated heterocycles. The summed E-state index contributed by atoms with van der Waals surface area (Å²) in [6.45, 7) is -0.109. The highest BCUT2D eigenvalue weighted by atomic mass is 19.1. The maximum absolute atomic E-state index is 13.2. The van der Waals surface area contributed by atoms with Crippen LogP contribution in [0.2, 0.25) is 0 Å². The highest BCUT2D eigenvalue weighted by molar-refractivity contribution is 5.95. The van der Waals surface area contributed by atoms with Crippen molar-refractivity contribution in [3.8, 4) is 0 Å². The molecule has 9 heteroatoms. The molecule has 1 N–H and O–H groups in total. The van der Waals surface area contributed by atoms with Gasteiger partial charge in [0.2, 0.25) is 5.91 Å². The summed E-state index contributed by atoms with van der Waals surface area (Å²) in [5, 5.41) is 2.61. The average molecular weight is 381 g/mol. The Bertz CT molecular complexity index is 1110. The summed E-state index contributed by atoms with van der Waals surface area (Å²) >= 11 is 0. The summed E-state index contributed by atoms with van der Waals surface area (Å²) in [5.41, 5.74) is 0.593. The Hall–Kier alpha value is -3.75. The Morgan fingerprint density at radius 3 is 2.64 bits per heavy atom. The molecular weight excluding hydrogens is 365 g/mol. The molecule has 0 bridgehead atoms. The molecule has 0 aliphatic carbocycles. The van der Waals surface area contributed by atoms with Gasteiger partial charge in [0.1, 0.15) is 12.4 Å². The van der Waals surface area contributed by atoms with Crippen molar-refractivity contribution < 1.29 is 14.0 Å². The second kappa shape index (κ2) is 7.10. The van der Waals surface area contributed by atoms with Crippen molar-refractivity contribution in [1.82, 2.24) is 19.7 Å². The molecule has 0 radical (unpaired) electrons. The number of anilines is 1. The summed E-state index contributed by atoms with van der Waals surface area (Å²) in [7, 11) is 0. The van der Waals surface area contributed by atoms with E-state index in [1.807, 2.05) is 6.07 Å². The Kier molecular flexibility index (Phi) is 4.48. The number of benzene rings is 2. The van der Waals surface area contributed by atoms with Crippen LogP contribution in [-0.4, -0.2) is 26.3 Å². The minimum Gasteiger partial charge on any atom is -0.350 e. The Morgan fingerprint density at radius 1 is 1.11 bits per heavy atom. The monoisotopic (exact) mass is 381 g/mol. The highest BCUT2D eigenvalue weighted by Gasteiger charge is 2.33. The molecular formula is C19H16FN5O3. The van der Waals surface area contributed by atoms with Crippen LogP contribution in [0.15, 0.2) is 59.4 Å². The molecule has 4 rings (SSSR count). The molecule has 28 heavy (non-hydrogen) atoms. The third-order valence-electron chi connectivity index (χ3n) is 4.38. The average Bonchev–Trinajstić information content (AvgIpc) is 3.17. The molecule has 0 fully saturated rings. The van der Waals surface area contributed by atoms with Crippen molar-refractivity contribution in [2.75, 3.05) is 4.90 Å². The zero-order valence-electron chi connectivity index (χ0n) is 14.7. The fourth-order valence-electron chi connectivity index (χ4n) is 3.07. The molecule has 0 spiro atoms. The van der Waals surface area contributed by atoms with Crippen LogP contribution in [0.5, 0.6) is 0 Å². The van der Waals surface area contributed by atoms with Gasteiger partial charge in [-0.25, -0.2) is 18.7 Å². The number of nitrogens with one attached hydrogen (secondary N) is 1. The fourth-order valence-corrected chi connectivity index (χ4v) is 3.07. The number of hydrogen-bond donors (Lipinski definition) is 1. The van der Waals surface area contributed by atoms with Crippen molar-refractivity contribution >= 4 is 17.6 Å². The lowest BCUT2D eigenvalue weighted by Crippen LogP contribution is -2.38. The molecule has 2 aromatic carbocycles. The third-order valence-corrected chi connectivity index (χ3v) is 4.38. The largest absolute Gasteiger partial charge is 0.365 e. The van der Waals surface area contributed by atoms with Crippen molar-refractivity contribution in [1.29, 1.82) is 0 Å². The van der Waals surface area contributed by atoms with Gasteiger partial charge in [0.25, 0.3) is 0 Å². The van der Waals surface area contributed by atoms with Gasteiger partial charge in [-0.3, -0.25) is 9.69 Å². The fraction of sp³-hybridized carbons (Fsp3) is 0.158. The smallest absolute Gasteiger partial charge is 0.350 e. The van der Waals surface area contributed by atoms with Crippen LogP contribution >= 0.6 is 0 Å². The minimum atomic E-state index is -0.669. The van der Waals surface area contributed by atoms with E-state index in [9.17, 15) is 18.8 Å². The van der Waals surface area contributed by atoms with E-state index >= 15 is 0 Å². The number of fused-ring (bicyclic) bond motifs is 1. The van der Waals surface area contributed by atoms with Crippen molar-refractivity contribution in [2.45, 2.75) is 19.6 Å². The highest BCUT2D eigenvalue weighted by Crippen LogP contribution is 2.22. The second-order valence-electron chi connectivity index (χ2n) is 6.29. The predicted molar refractivity (Wildman–Crippen MR) is 98.2 cm³/mol. The lowest BCUT2D eigenvalue weighted by molar-refractivity contribution is -0.122. The number of aromatic nitrogens is 3. The van der Waals surface area contributed by atoms with E-state index < -0.39 is 23.4 Å². The van der Waals surface area contributed by atoms with Crippen molar-refractivity contribution in [3.63, 3.8) is 0 Å². The number of nitrogens with zero attached hydrogens (tertiary/aromatic N) is 4. The first kappa shape index (κ1) is 17.7. The number of hydrogen-bond acceptors (Lipinski definition) is 4. The lowest BCUT2D eigenvalue weighted by Gasteiger charge is -2.15. The minimum absolute atomic E-state index is 0.108.